The molecular weight excluding hydrogens is 764 g/mol. The van der Waals surface area contributed by atoms with Gasteiger partial charge in [0.1, 0.15) is 12.2 Å². The van der Waals surface area contributed by atoms with Crippen molar-refractivity contribution in [1.82, 2.24) is 0 Å². The van der Waals surface area contributed by atoms with Crippen LogP contribution in [0.4, 0.5) is 52.7 Å². The van der Waals surface area contributed by atoms with Gasteiger partial charge in [-0.25, -0.2) is 0 Å². The molecule has 0 aromatic heterocycles. The first kappa shape index (κ1) is 45.9. The first-order chi connectivity index (χ1) is 24.2. The maximum Gasteiger partial charge on any atom is 0.426 e. The molecule has 4 atom stereocenters. The van der Waals surface area contributed by atoms with E-state index in [1.165, 1.54) is 52.9 Å². The molecule has 0 saturated heterocycles. The number of carboxylic acid groups (broad SMARTS) is 1. The highest BCUT2D eigenvalue weighted by Crippen LogP contribution is 2.58. The van der Waals surface area contributed by atoms with Crippen LogP contribution in [0, 0.1) is 52.8 Å². The van der Waals surface area contributed by atoms with Crippen LogP contribution in [0.15, 0.2) is 0 Å². The quantitative estimate of drug-likeness (QED) is 0.157. The van der Waals surface area contributed by atoms with Crippen molar-refractivity contribution in [2.75, 3.05) is 0 Å². The molecule has 5 aliphatic rings. The van der Waals surface area contributed by atoms with E-state index in [0.29, 0.717) is 11.8 Å². The molecule has 5 aliphatic carbocycles. The molecule has 0 spiro atoms. The van der Waals surface area contributed by atoms with Crippen LogP contribution in [0.5, 0.6) is 0 Å². The van der Waals surface area contributed by atoms with Gasteiger partial charge in [0.05, 0.1) is 17.3 Å². The van der Waals surface area contributed by atoms with Crippen molar-refractivity contribution in [2.24, 2.45) is 52.8 Å². The second kappa shape index (κ2) is 15.4. The van der Waals surface area contributed by atoms with Gasteiger partial charge in [-0.05, 0) is 95.3 Å². The molecule has 8 nitrogen and oxygen atoms in total. The molecule has 20 heteroatoms. The third-order valence-corrected chi connectivity index (χ3v) is 12.2. The summed E-state index contributed by atoms with van der Waals surface area (Å²) in [5, 5.41) is 28.2. The maximum absolute atomic E-state index is 13.3. The fourth-order valence-electron chi connectivity index (χ4n) is 8.47. The first-order valence-electron chi connectivity index (χ1n) is 17.6. The summed E-state index contributed by atoms with van der Waals surface area (Å²) in [4.78, 5) is 35.4. The highest BCUT2D eigenvalue weighted by molar-refractivity contribution is 5.80. The van der Waals surface area contributed by atoms with Crippen molar-refractivity contribution in [3.8, 4) is 0 Å². The summed E-state index contributed by atoms with van der Waals surface area (Å²) in [7, 11) is 0. The van der Waals surface area contributed by atoms with Crippen LogP contribution in [0.25, 0.3) is 0 Å². The molecule has 0 heterocycles. The summed E-state index contributed by atoms with van der Waals surface area (Å²) >= 11 is 0. The van der Waals surface area contributed by atoms with Crippen LogP contribution in [0.3, 0.4) is 0 Å². The largest absolute Gasteiger partial charge is 0.481 e. The summed E-state index contributed by atoms with van der Waals surface area (Å²) in [6.07, 6.45) is -27.8. The Balaban J connectivity index is 0.000000329. The second-order valence-corrected chi connectivity index (χ2v) is 16.1. The van der Waals surface area contributed by atoms with Crippen LogP contribution >= 0.6 is 0 Å². The van der Waals surface area contributed by atoms with Gasteiger partial charge in [-0.2, -0.15) is 52.7 Å². The fraction of sp³-hybridized carbons (Fsp3) is 0.912. The molecular formula is C34H46F12O8. The highest BCUT2D eigenvalue weighted by atomic mass is 19.4. The van der Waals surface area contributed by atoms with Crippen molar-refractivity contribution in [3.63, 3.8) is 0 Å². The van der Waals surface area contributed by atoms with E-state index in [-0.39, 0.29) is 18.5 Å². The number of halogens is 12. The maximum atomic E-state index is 13.3. The minimum atomic E-state index is -6.58. The van der Waals surface area contributed by atoms with Crippen molar-refractivity contribution < 1.29 is 91.9 Å². The number of alkyl halides is 12. The van der Waals surface area contributed by atoms with E-state index in [4.69, 9.17) is 14.6 Å². The smallest absolute Gasteiger partial charge is 0.426 e. The summed E-state index contributed by atoms with van der Waals surface area (Å²) in [5.41, 5.74) is -12.9. The molecule has 54 heavy (non-hydrogen) atoms. The second-order valence-electron chi connectivity index (χ2n) is 16.1. The number of ether oxygens (including phenoxy) is 2. The zero-order valence-electron chi connectivity index (χ0n) is 30.1. The predicted octanol–water partition coefficient (Wildman–Crippen LogP) is 8.17. The van der Waals surface area contributed by atoms with Gasteiger partial charge in [-0.1, -0.05) is 20.8 Å². The van der Waals surface area contributed by atoms with E-state index < -0.39 is 102 Å². The minimum Gasteiger partial charge on any atom is -0.481 e. The van der Waals surface area contributed by atoms with E-state index in [1.807, 2.05) is 0 Å². The van der Waals surface area contributed by atoms with E-state index >= 15 is 0 Å². The molecule has 0 aromatic rings. The van der Waals surface area contributed by atoms with Crippen molar-refractivity contribution >= 4 is 17.9 Å². The van der Waals surface area contributed by atoms with Gasteiger partial charge < -0.3 is 24.8 Å². The van der Waals surface area contributed by atoms with Crippen molar-refractivity contribution in [2.45, 2.75) is 141 Å². The minimum absolute atomic E-state index is 0.0184. The number of carboxylic acids is 1. The Labute approximate surface area is 303 Å². The summed E-state index contributed by atoms with van der Waals surface area (Å²) in [6.45, 7) is 7.06. The lowest BCUT2D eigenvalue weighted by Gasteiger charge is -2.53. The SMILES string of the molecule is CC(C(=O)O)C(C)C(=O)OC1C2CC3CC(C2)CC1C3.CCC(C)(C)C(=O)OC1CC(C(O)(C(F)(F)F)C(F)(F)F)CC(C(O)(C(F)(F)F)C(F)(F)F)C1. The van der Waals surface area contributed by atoms with Crippen LogP contribution in [0.2, 0.25) is 0 Å². The van der Waals surface area contributed by atoms with E-state index in [0.717, 1.165) is 11.8 Å². The molecule has 314 valence electrons. The lowest BCUT2D eigenvalue weighted by molar-refractivity contribution is -0.405. The summed E-state index contributed by atoms with van der Waals surface area (Å²) in [6, 6.07) is 0. The normalized spacial score (nSPS) is 30.5. The molecule has 5 fully saturated rings. The molecule has 5 saturated carbocycles. The van der Waals surface area contributed by atoms with Crippen LogP contribution < -0.4 is 0 Å². The number of aliphatic carboxylic acids is 1. The average molecular weight is 811 g/mol. The number of rotatable bonds is 9. The molecule has 0 aromatic carbocycles. The molecule has 0 amide bonds. The van der Waals surface area contributed by atoms with Crippen LogP contribution in [-0.4, -0.2) is 81.3 Å². The molecule has 0 radical (unpaired) electrons. The molecule has 3 N–H and O–H groups in total. The number of carbonyl (C=O) groups excluding carboxylic acids is 2. The Morgan fingerprint density at radius 1 is 0.611 bits per heavy atom. The molecule has 4 unspecified atom stereocenters. The van der Waals surface area contributed by atoms with Gasteiger partial charge in [-0.15, -0.1) is 0 Å². The zero-order chi connectivity index (χ0) is 41.8. The van der Waals surface area contributed by atoms with E-state index in [9.17, 15) is 77.3 Å². The number of carbonyl (C=O) groups is 3. The lowest BCUT2D eigenvalue weighted by atomic mass is 9.55. The topological polar surface area (TPSA) is 130 Å². The molecule has 0 aliphatic heterocycles. The van der Waals surface area contributed by atoms with Crippen LogP contribution in [0.1, 0.15) is 92.4 Å². The van der Waals surface area contributed by atoms with E-state index in [2.05, 4.69) is 0 Å². The average Bonchev–Trinajstić information content (AvgIpc) is 3.02. The lowest BCUT2D eigenvalue weighted by Crippen LogP contribution is -2.67. The highest BCUT2D eigenvalue weighted by Gasteiger charge is 2.78. The predicted molar refractivity (Wildman–Crippen MR) is 162 cm³/mol. The first-order valence-corrected chi connectivity index (χ1v) is 17.6. The van der Waals surface area contributed by atoms with Gasteiger partial charge >= 0.3 is 42.6 Å². The van der Waals surface area contributed by atoms with E-state index in [1.54, 1.807) is 13.8 Å². The third-order valence-electron chi connectivity index (χ3n) is 12.2. The van der Waals surface area contributed by atoms with Gasteiger partial charge in [0, 0.05) is 11.8 Å². The standard InChI is InChI=1S/C18H22F12O4.C16H24O4/c1-4-12(2,3)11(31)34-10-6-8(13(32,15(19,20)21)16(22,23)24)5-9(7-10)14(33,17(25,26)27)18(28,29)30;1-8(15(17)18)9(2)16(19)20-14-12-4-10-3-11(6-12)7-13(14)5-10/h8-10,32-33H,4-7H2,1-3H3;8-14H,3-7H2,1-2H3,(H,17,18). The van der Waals surface area contributed by atoms with Crippen LogP contribution in [-0.2, 0) is 23.9 Å². The number of esters is 2. The number of hydrogen-bond acceptors (Lipinski definition) is 7. The Morgan fingerprint density at radius 3 is 1.30 bits per heavy atom. The number of aliphatic hydroxyl groups is 2. The van der Waals surface area contributed by atoms with Gasteiger partial charge in [0.25, 0.3) is 11.2 Å². The van der Waals surface area contributed by atoms with Crippen molar-refractivity contribution in [1.29, 1.82) is 0 Å². The zero-order valence-corrected chi connectivity index (χ0v) is 30.1. The Morgan fingerprint density at radius 2 is 0.981 bits per heavy atom. The van der Waals surface area contributed by atoms with Gasteiger partial charge in [0.15, 0.2) is 0 Å². The van der Waals surface area contributed by atoms with Gasteiger partial charge in [-0.3, -0.25) is 14.4 Å². The Kier molecular flexibility index (Phi) is 13.1. The summed E-state index contributed by atoms with van der Waals surface area (Å²) in [5.74, 6) is -7.80. The van der Waals surface area contributed by atoms with Gasteiger partial charge in [0.2, 0.25) is 0 Å². The Bertz CT molecular complexity index is 1250. The third kappa shape index (κ3) is 8.88. The van der Waals surface area contributed by atoms with Crippen molar-refractivity contribution in [3.05, 3.63) is 0 Å². The Hall–Kier alpha value is -2.51. The monoisotopic (exact) mass is 810 g/mol. The number of hydrogen-bond donors (Lipinski definition) is 3. The molecule has 4 bridgehead atoms. The summed E-state index contributed by atoms with van der Waals surface area (Å²) < 4.78 is 170. The fourth-order valence-corrected chi connectivity index (χ4v) is 8.47. The molecule has 5 rings (SSSR count).